The zero-order valence-corrected chi connectivity index (χ0v) is 21.9. The molecular weight excluding hydrogens is 488 g/mol. The number of imidazole rings is 1. The number of nitrogens with zero attached hydrogens (tertiary/aromatic N) is 5. The van der Waals surface area contributed by atoms with Crippen LogP contribution in [0.5, 0.6) is 5.75 Å². The Hall–Kier alpha value is -5.36. The van der Waals surface area contributed by atoms with Crippen LogP contribution in [0, 0.1) is 25.2 Å². The number of allylic oxidation sites excluding steroid dienone is 1. The fraction of sp³-hybridized carbons (Fsp3) is 0.133. The number of nitrogens with one attached hydrogen (secondary N) is 2. The van der Waals surface area contributed by atoms with Gasteiger partial charge in [0.25, 0.3) is 0 Å². The maximum Gasteiger partial charge on any atom is 0.231 e. The van der Waals surface area contributed by atoms with Gasteiger partial charge in [0.15, 0.2) is 17.0 Å². The number of hydrogen-bond donors (Lipinski definition) is 3. The van der Waals surface area contributed by atoms with E-state index in [4.69, 9.17) is 25.7 Å². The number of ether oxygens (including phenoxy) is 1. The van der Waals surface area contributed by atoms with Gasteiger partial charge in [-0.3, -0.25) is 0 Å². The van der Waals surface area contributed by atoms with Crippen LogP contribution in [0.1, 0.15) is 22.3 Å². The molecule has 0 amide bonds. The molecule has 0 spiro atoms. The minimum Gasteiger partial charge on any atom is -0.497 e. The van der Waals surface area contributed by atoms with E-state index in [-0.39, 0.29) is 0 Å². The molecule has 0 atom stereocenters. The lowest BCUT2D eigenvalue weighted by Gasteiger charge is -2.15. The van der Waals surface area contributed by atoms with Crippen molar-refractivity contribution in [1.29, 1.82) is 5.26 Å². The molecular formula is C30H28N8O. The van der Waals surface area contributed by atoms with Crippen molar-refractivity contribution in [3.63, 3.8) is 0 Å². The molecule has 39 heavy (non-hydrogen) atoms. The molecule has 0 aliphatic heterocycles. The summed E-state index contributed by atoms with van der Waals surface area (Å²) in [6.45, 7) is 4.61. The van der Waals surface area contributed by atoms with Gasteiger partial charge in [0.2, 0.25) is 5.95 Å². The lowest BCUT2D eigenvalue weighted by Crippen LogP contribution is -2.06. The first kappa shape index (κ1) is 25.3. The summed E-state index contributed by atoms with van der Waals surface area (Å²) in [5.74, 6) is 1.81. The normalized spacial score (nSPS) is 11.0. The number of fused-ring (bicyclic) bond motifs is 1. The van der Waals surface area contributed by atoms with Crippen LogP contribution in [0.25, 0.3) is 17.2 Å². The fourth-order valence-corrected chi connectivity index (χ4v) is 4.37. The molecule has 2 aromatic heterocycles. The quantitative estimate of drug-likeness (QED) is 0.167. The van der Waals surface area contributed by atoms with Crippen molar-refractivity contribution in [2.75, 3.05) is 23.5 Å². The van der Waals surface area contributed by atoms with Crippen LogP contribution in [0.4, 0.5) is 28.8 Å². The number of aryl methyl sites for hydroxylation is 2. The molecule has 3 aromatic carbocycles. The summed E-state index contributed by atoms with van der Waals surface area (Å²) in [7, 11) is 1.65. The largest absolute Gasteiger partial charge is 0.497 e. The van der Waals surface area contributed by atoms with Crippen molar-refractivity contribution in [1.82, 2.24) is 19.5 Å². The van der Waals surface area contributed by atoms with Crippen molar-refractivity contribution in [3.05, 3.63) is 95.3 Å². The van der Waals surface area contributed by atoms with Crippen molar-refractivity contribution < 1.29 is 4.74 Å². The first-order valence-corrected chi connectivity index (χ1v) is 12.4. The van der Waals surface area contributed by atoms with Crippen molar-refractivity contribution >= 4 is 46.1 Å². The molecule has 4 N–H and O–H groups in total. The third-order valence-corrected chi connectivity index (χ3v) is 6.29. The Bertz CT molecular complexity index is 1670. The van der Waals surface area contributed by atoms with E-state index in [0.29, 0.717) is 35.2 Å². The van der Waals surface area contributed by atoms with E-state index in [1.165, 1.54) is 6.08 Å². The van der Waals surface area contributed by atoms with Gasteiger partial charge in [-0.2, -0.15) is 15.2 Å². The van der Waals surface area contributed by atoms with Crippen molar-refractivity contribution in [2.24, 2.45) is 0 Å². The molecule has 0 aliphatic rings. The highest BCUT2D eigenvalue weighted by Gasteiger charge is 2.16. The summed E-state index contributed by atoms with van der Waals surface area (Å²) < 4.78 is 7.28. The number of benzene rings is 3. The Morgan fingerprint density at radius 1 is 1.00 bits per heavy atom. The Labute approximate surface area is 226 Å². The third-order valence-electron chi connectivity index (χ3n) is 6.29. The number of nitrogens with two attached hydrogens (primary N) is 1. The molecule has 9 heteroatoms. The predicted octanol–water partition coefficient (Wildman–Crippen LogP) is 6.11. The summed E-state index contributed by atoms with van der Waals surface area (Å²) in [5.41, 5.74) is 13.7. The maximum atomic E-state index is 8.88. The van der Waals surface area contributed by atoms with Gasteiger partial charge in [-0.15, -0.1) is 0 Å². The molecule has 5 aromatic rings. The third kappa shape index (κ3) is 5.65. The Morgan fingerprint density at radius 2 is 1.72 bits per heavy atom. The Balaban J connectivity index is 1.56. The average Bonchev–Trinajstić information content (AvgIpc) is 3.34. The average molecular weight is 517 g/mol. The minimum atomic E-state index is 0.434. The summed E-state index contributed by atoms with van der Waals surface area (Å²) in [5, 5.41) is 15.7. The van der Waals surface area contributed by atoms with Crippen molar-refractivity contribution in [2.45, 2.75) is 20.4 Å². The van der Waals surface area contributed by atoms with Crippen LogP contribution in [-0.4, -0.2) is 26.6 Å². The predicted molar refractivity (Wildman–Crippen MR) is 155 cm³/mol. The van der Waals surface area contributed by atoms with Gasteiger partial charge in [0.1, 0.15) is 5.75 Å². The smallest absolute Gasteiger partial charge is 0.231 e. The van der Waals surface area contributed by atoms with Gasteiger partial charge < -0.3 is 25.7 Å². The van der Waals surface area contributed by atoms with Crippen LogP contribution in [0.2, 0.25) is 0 Å². The second-order valence-corrected chi connectivity index (χ2v) is 9.15. The number of rotatable bonds is 8. The number of nitrogen functional groups attached to an aromatic ring is 1. The number of anilines is 5. The highest BCUT2D eigenvalue weighted by Crippen LogP contribution is 2.29. The van der Waals surface area contributed by atoms with Gasteiger partial charge in [0, 0.05) is 23.1 Å². The summed E-state index contributed by atoms with van der Waals surface area (Å²) in [4.78, 5) is 14.3. The van der Waals surface area contributed by atoms with Crippen molar-refractivity contribution in [3.8, 4) is 11.8 Å². The summed E-state index contributed by atoms with van der Waals surface area (Å²) in [6.07, 6.45) is 5.03. The van der Waals surface area contributed by atoms with E-state index >= 15 is 0 Å². The second kappa shape index (κ2) is 10.9. The van der Waals surface area contributed by atoms with E-state index in [2.05, 4.69) is 15.6 Å². The fourth-order valence-electron chi connectivity index (χ4n) is 4.37. The minimum absolute atomic E-state index is 0.434. The van der Waals surface area contributed by atoms with E-state index in [9.17, 15) is 0 Å². The lowest BCUT2D eigenvalue weighted by atomic mass is 10.0. The number of nitriles is 1. The molecule has 0 saturated carbocycles. The zero-order valence-electron chi connectivity index (χ0n) is 21.9. The van der Waals surface area contributed by atoms with Gasteiger partial charge >= 0.3 is 0 Å². The first-order valence-electron chi connectivity index (χ1n) is 12.4. The highest BCUT2D eigenvalue weighted by molar-refractivity contribution is 5.87. The standard InChI is InChI=1S/C30H28N8O/c1-19-15-22(5-4-14-31)16-20(2)26(19)35-30-36-28(34-24-10-8-23(32)9-11-24)27-29(37-30)38(18-33-27)17-21-6-12-25(39-3)13-7-21/h4-13,15-16,18H,17,32H2,1-3H3,(H2,34,35,36,37)/b5-4+. The van der Waals surface area contributed by atoms with E-state index < -0.39 is 0 Å². The zero-order chi connectivity index (χ0) is 27.4. The van der Waals surface area contributed by atoms with Gasteiger partial charge in [-0.05, 0) is 90.7 Å². The van der Waals surface area contributed by atoms with Crippen LogP contribution < -0.4 is 21.1 Å². The second-order valence-electron chi connectivity index (χ2n) is 9.15. The van der Waals surface area contributed by atoms with Gasteiger partial charge in [-0.25, -0.2) is 4.98 Å². The first-order chi connectivity index (χ1) is 18.9. The Kier molecular flexibility index (Phi) is 7.10. The van der Waals surface area contributed by atoms with E-state index in [1.54, 1.807) is 19.5 Å². The van der Waals surface area contributed by atoms with Crippen LogP contribution in [-0.2, 0) is 6.54 Å². The number of methoxy groups -OCH3 is 1. The molecule has 194 valence electrons. The highest BCUT2D eigenvalue weighted by atomic mass is 16.5. The SMILES string of the molecule is COc1ccc(Cn2cnc3c(Nc4ccc(N)cc4)nc(Nc4c(C)cc(/C=C/C#N)cc4C)nc32)cc1. The molecule has 0 bridgehead atoms. The van der Waals surface area contributed by atoms with Gasteiger partial charge in [0.05, 0.1) is 26.1 Å². The molecule has 2 heterocycles. The van der Waals surface area contributed by atoms with E-state index in [1.807, 2.05) is 85.1 Å². The lowest BCUT2D eigenvalue weighted by molar-refractivity contribution is 0.414. The maximum absolute atomic E-state index is 8.88. The monoisotopic (exact) mass is 516 g/mol. The summed E-state index contributed by atoms with van der Waals surface area (Å²) >= 11 is 0. The number of hydrogen-bond acceptors (Lipinski definition) is 8. The Morgan fingerprint density at radius 3 is 2.38 bits per heavy atom. The molecule has 0 unspecified atom stereocenters. The summed E-state index contributed by atoms with van der Waals surface area (Å²) in [6, 6.07) is 21.4. The topological polar surface area (TPSA) is 127 Å². The molecule has 0 radical (unpaired) electrons. The molecule has 0 fully saturated rings. The van der Waals surface area contributed by atoms with E-state index in [0.717, 1.165) is 39.4 Å². The molecule has 9 nitrogen and oxygen atoms in total. The molecule has 5 rings (SSSR count). The number of aromatic nitrogens is 4. The van der Waals surface area contributed by atoms with Gasteiger partial charge in [-0.1, -0.05) is 12.1 Å². The molecule has 0 aliphatic carbocycles. The van der Waals surface area contributed by atoms with Crippen LogP contribution in [0.3, 0.4) is 0 Å². The molecule has 0 saturated heterocycles. The van der Waals surface area contributed by atoms with Crippen LogP contribution in [0.15, 0.2) is 73.1 Å². The van der Waals surface area contributed by atoms with Crippen LogP contribution >= 0.6 is 0 Å².